The van der Waals surface area contributed by atoms with Crippen molar-refractivity contribution >= 4 is 34.0 Å². The summed E-state index contributed by atoms with van der Waals surface area (Å²) in [7, 11) is 0. The van der Waals surface area contributed by atoms with Crippen LogP contribution in [0.2, 0.25) is 5.02 Å². The SMILES string of the molecule is O=C(Nc1nccs1)c1cc(Cl)c2c(c1)OCCCO2. The number of aromatic nitrogens is 1. The minimum Gasteiger partial charge on any atom is -0.489 e. The molecule has 0 bridgehead atoms. The summed E-state index contributed by atoms with van der Waals surface area (Å²) in [6.07, 6.45) is 2.41. The predicted molar refractivity (Wildman–Crippen MR) is 77.1 cm³/mol. The summed E-state index contributed by atoms with van der Waals surface area (Å²) in [4.78, 5) is 16.1. The van der Waals surface area contributed by atoms with Crippen LogP contribution in [-0.4, -0.2) is 24.1 Å². The Kier molecular flexibility index (Phi) is 3.75. The summed E-state index contributed by atoms with van der Waals surface area (Å²) in [5, 5.41) is 5.40. The van der Waals surface area contributed by atoms with Gasteiger partial charge in [-0.2, -0.15) is 0 Å². The molecule has 1 amide bonds. The normalized spacial score (nSPS) is 13.7. The molecule has 1 aliphatic rings. The van der Waals surface area contributed by atoms with Crippen molar-refractivity contribution in [3.63, 3.8) is 0 Å². The maximum Gasteiger partial charge on any atom is 0.257 e. The van der Waals surface area contributed by atoms with E-state index < -0.39 is 0 Å². The fourth-order valence-corrected chi connectivity index (χ4v) is 2.61. The van der Waals surface area contributed by atoms with Crippen LogP contribution in [0.3, 0.4) is 0 Å². The Morgan fingerprint density at radius 1 is 1.35 bits per heavy atom. The van der Waals surface area contributed by atoms with Gasteiger partial charge in [-0.05, 0) is 12.1 Å². The maximum atomic E-state index is 12.1. The number of thiazole rings is 1. The first kappa shape index (κ1) is 13.2. The average molecular weight is 311 g/mol. The molecular formula is C13H11ClN2O3S. The smallest absolute Gasteiger partial charge is 0.257 e. The average Bonchev–Trinajstić information content (AvgIpc) is 2.81. The molecule has 0 radical (unpaired) electrons. The molecule has 0 saturated heterocycles. The third-order valence-electron chi connectivity index (χ3n) is 2.72. The second kappa shape index (κ2) is 5.68. The number of ether oxygens (including phenoxy) is 2. The largest absolute Gasteiger partial charge is 0.489 e. The molecule has 0 unspecified atom stereocenters. The van der Waals surface area contributed by atoms with E-state index in [1.54, 1.807) is 23.7 Å². The Hall–Kier alpha value is -1.79. The molecule has 1 aromatic heterocycles. The zero-order valence-electron chi connectivity index (χ0n) is 10.4. The van der Waals surface area contributed by atoms with Crippen molar-refractivity contribution in [2.45, 2.75) is 6.42 Å². The van der Waals surface area contributed by atoms with E-state index in [-0.39, 0.29) is 5.91 Å². The fourth-order valence-electron chi connectivity index (χ4n) is 1.82. The Bertz CT molecular complexity index is 631. The standard InChI is InChI=1S/C13H11ClN2O3S/c14-9-6-8(12(17)16-13-15-2-5-20-13)7-10-11(9)19-4-1-3-18-10/h2,5-7H,1,3-4H2,(H,15,16,17). The lowest BCUT2D eigenvalue weighted by Crippen LogP contribution is -2.12. The van der Waals surface area contributed by atoms with E-state index in [4.69, 9.17) is 21.1 Å². The number of nitrogens with one attached hydrogen (secondary N) is 1. The van der Waals surface area contributed by atoms with E-state index in [0.717, 1.165) is 6.42 Å². The first-order valence-corrected chi connectivity index (χ1v) is 7.30. The number of carbonyl (C=O) groups is 1. The van der Waals surface area contributed by atoms with Crippen molar-refractivity contribution in [1.82, 2.24) is 4.98 Å². The Morgan fingerprint density at radius 2 is 2.20 bits per heavy atom. The van der Waals surface area contributed by atoms with Crippen LogP contribution in [0.25, 0.3) is 0 Å². The highest BCUT2D eigenvalue weighted by atomic mass is 35.5. The number of hydrogen-bond acceptors (Lipinski definition) is 5. The van der Waals surface area contributed by atoms with Crippen LogP contribution in [0, 0.1) is 0 Å². The molecule has 2 aromatic rings. The van der Waals surface area contributed by atoms with Gasteiger partial charge in [-0.15, -0.1) is 11.3 Å². The zero-order valence-corrected chi connectivity index (χ0v) is 12.0. The monoisotopic (exact) mass is 310 g/mol. The molecule has 0 fully saturated rings. The summed E-state index contributed by atoms with van der Waals surface area (Å²) in [5.41, 5.74) is 0.412. The van der Waals surface area contributed by atoms with Gasteiger partial charge < -0.3 is 9.47 Å². The van der Waals surface area contributed by atoms with Crippen molar-refractivity contribution in [2.24, 2.45) is 0 Å². The summed E-state index contributed by atoms with van der Waals surface area (Å²) in [6, 6.07) is 3.20. The van der Waals surface area contributed by atoms with E-state index in [1.165, 1.54) is 11.3 Å². The number of benzene rings is 1. The van der Waals surface area contributed by atoms with Crippen molar-refractivity contribution in [3.05, 3.63) is 34.3 Å². The van der Waals surface area contributed by atoms with Gasteiger partial charge in [-0.3, -0.25) is 10.1 Å². The van der Waals surface area contributed by atoms with Crippen LogP contribution in [0.4, 0.5) is 5.13 Å². The van der Waals surface area contributed by atoms with Gasteiger partial charge in [0.05, 0.1) is 18.2 Å². The van der Waals surface area contributed by atoms with Gasteiger partial charge in [0, 0.05) is 23.6 Å². The molecule has 0 saturated carbocycles. The van der Waals surface area contributed by atoms with Crippen LogP contribution in [0.15, 0.2) is 23.7 Å². The number of fused-ring (bicyclic) bond motifs is 1. The second-order valence-corrected chi connectivity index (χ2v) is 5.43. The van der Waals surface area contributed by atoms with E-state index in [2.05, 4.69) is 10.3 Å². The Morgan fingerprint density at radius 3 is 3.00 bits per heavy atom. The summed E-state index contributed by atoms with van der Waals surface area (Å²) in [5.74, 6) is 0.715. The molecule has 0 spiro atoms. The highest BCUT2D eigenvalue weighted by Crippen LogP contribution is 2.38. The lowest BCUT2D eigenvalue weighted by atomic mass is 10.2. The number of carbonyl (C=O) groups excluding carboxylic acids is 1. The highest BCUT2D eigenvalue weighted by molar-refractivity contribution is 7.13. The number of hydrogen-bond donors (Lipinski definition) is 1. The molecule has 1 N–H and O–H groups in total. The van der Waals surface area contributed by atoms with Gasteiger partial charge in [0.25, 0.3) is 5.91 Å². The zero-order chi connectivity index (χ0) is 13.9. The molecule has 3 rings (SSSR count). The van der Waals surface area contributed by atoms with E-state index in [0.29, 0.717) is 40.4 Å². The van der Waals surface area contributed by atoms with Crippen LogP contribution >= 0.6 is 22.9 Å². The molecule has 20 heavy (non-hydrogen) atoms. The van der Waals surface area contributed by atoms with Gasteiger partial charge >= 0.3 is 0 Å². The summed E-state index contributed by atoms with van der Waals surface area (Å²) >= 11 is 7.50. The summed E-state index contributed by atoms with van der Waals surface area (Å²) < 4.78 is 11.1. The first-order valence-electron chi connectivity index (χ1n) is 6.04. The quantitative estimate of drug-likeness (QED) is 0.925. The second-order valence-electron chi connectivity index (χ2n) is 4.13. The van der Waals surface area contributed by atoms with Crippen LogP contribution in [0.5, 0.6) is 11.5 Å². The van der Waals surface area contributed by atoms with Crippen LogP contribution in [0.1, 0.15) is 16.8 Å². The first-order chi connectivity index (χ1) is 9.74. The van der Waals surface area contributed by atoms with Gasteiger partial charge in [0.1, 0.15) is 0 Å². The van der Waals surface area contributed by atoms with Crippen molar-refractivity contribution < 1.29 is 14.3 Å². The minimum atomic E-state index is -0.280. The maximum absolute atomic E-state index is 12.1. The Labute approximate surface area is 124 Å². The Balaban J connectivity index is 1.88. The van der Waals surface area contributed by atoms with Gasteiger partial charge in [-0.25, -0.2) is 4.98 Å². The number of rotatable bonds is 2. The predicted octanol–water partition coefficient (Wildman–Crippen LogP) is 3.21. The molecule has 5 nitrogen and oxygen atoms in total. The van der Waals surface area contributed by atoms with Gasteiger partial charge in [0.15, 0.2) is 16.6 Å². The molecular weight excluding hydrogens is 300 g/mol. The number of amides is 1. The van der Waals surface area contributed by atoms with Gasteiger partial charge in [-0.1, -0.05) is 11.6 Å². The van der Waals surface area contributed by atoms with Gasteiger partial charge in [0.2, 0.25) is 0 Å². The number of halogens is 1. The van der Waals surface area contributed by atoms with Crippen LogP contribution in [-0.2, 0) is 0 Å². The molecule has 7 heteroatoms. The molecule has 1 aliphatic heterocycles. The highest BCUT2D eigenvalue weighted by Gasteiger charge is 2.18. The number of nitrogens with zero attached hydrogens (tertiary/aromatic N) is 1. The lowest BCUT2D eigenvalue weighted by Gasteiger charge is -2.11. The molecule has 0 aliphatic carbocycles. The molecule has 1 aromatic carbocycles. The van der Waals surface area contributed by atoms with Crippen molar-refractivity contribution in [1.29, 1.82) is 0 Å². The van der Waals surface area contributed by atoms with E-state index >= 15 is 0 Å². The van der Waals surface area contributed by atoms with Crippen molar-refractivity contribution in [2.75, 3.05) is 18.5 Å². The third-order valence-corrected chi connectivity index (χ3v) is 3.69. The summed E-state index contributed by atoms with van der Waals surface area (Å²) in [6.45, 7) is 1.10. The van der Waals surface area contributed by atoms with E-state index in [1.807, 2.05) is 0 Å². The van der Waals surface area contributed by atoms with Crippen molar-refractivity contribution in [3.8, 4) is 11.5 Å². The molecule has 0 atom stereocenters. The third kappa shape index (κ3) is 2.71. The molecule has 2 heterocycles. The molecule has 104 valence electrons. The topological polar surface area (TPSA) is 60.5 Å². The lowest BCUT2D eigenvalue weighted by molar-refractivity contribution is 0.102. The number of anilines is 1. The van der Waals surface area contributed by atoms with E-state index in [9.17, 15) is 4.79 Å². The fraction of sp³-hybridized carbons (Fsp3) is 0.231. The minimum absolute atomic E-state index is 0.280. The van der Waals surface area contributed by atoms with Crippen LogP contribution < -0.4 is 14.8 Å².